The minimum atomic E-state index is -2.12. The Kier molecular flexibility index (Phi) is 26.9. The fourth-order valence-corrected chi connectivity index (χ4v) is 11.0. The quantitative estimate of drug-likeness (QED) is 0.0250. The zero-order valence-electron chi connectivity index (χ0n) is 59.3. The topological polar surface area (TPSA) is 318 Å². The van der Waals surface area contributed by atoms with Crippen molar-refractivity contribution < 1.29 is 124 Å². The van der Waals surface area contributed by atoms with Crippen molar-refractivity contribution in [3.8, 4) is 0 Å². The van der Waals surface area contributed by atoms with E-state index < -0.39 is 194 Å². The van der Waals surface area contributed by atoms with Gasteiger partial charge in [-0.1, -0.05) is 109 Å². The first-order valence-corrected chi connectivity index (χ1v) is 34.2. The molecule has 558 valence electrons. The largest absolute Gasteiger partial charge is 0.462 e. The van der Waals surface area contributed by atoms with Gasteiger partial charge in [0, 0.05) is 7.11 Å². The van der Waals surface area contributed by atoms with Gasteiger partial charge in [-0.15, -0.1) is 11.6 Å². The molecule has 3 aliphatic rings. The SMILES string of the molecule is COC1OC(C(COC(=O)C(C)(C)C)OC2OC(C(COC(=O)C(C)(C)C)OC3OC(C(COC(=O)C(C)(C)C)OC(=O)CCl)C(OC(=O)c4ccccc4)C3OC(=O)c3ccccc3)C(OC(=O)c3ccccc3)C2OC(=O)c2ccccc2)C(OC(=O)c2ccccc2)C1OC(=O)c1ccccc1. The minimum Gasteiger partial charge on any atom is -0.462 e. The third-order valence-electron chi connectivity index (χ3n) is 16.5. The number of hydrogen-bond acceptors (Lipinski definition) is 26. The maximum Gasteiger partial charge on any atom is 0.338 e. The summed E-state index contributed by atoms with van der Waals surface area (Å²) in [6.45, 7) is 11.4. The van der Waals surface area contributed by atoms with E-state index in [1.54, 1.807) is 114 Å². The Morgan fingerprint density at radius 1 is 0.333 bits per heavy atom. The summed E-state index contributed by atoms with van der Waals surface area (Å²) < 4.78 is 102. The van der Waals surface area contributed by atoms with Crippen LogP contribution in [0, 0.1) is 16.2 Å². The average molecular weight is 1470 g/mol. The molecule has 105 heavy (non-hydrogen) atoms. The summed E-state index contributed by atoms with van der Waals surface area (Å²) in [7, 11) is 1.22. The van der Waals surface area contributed by atoms with Crippen LogP contribution >= 0.6 is 11.6 Å². The van der Waals surface area contributed by atoms with Gasteiger partial charge in [0.05, 0.1) is 49.6 Å². The van der Waals surface area contributed by atoms with Gasteiger partial charge in [-0.3, -0.25) is 19.2 Å². The molecule has 0 spiro atoms. The third-order valence-corrected chi connectivity index (χ3v) is 16.7. The Labute approximate surface area is 611 Å². The van der Waals surface area contributed by atoms with Crippen molar-refractivity contribution in [3.05, 3.63) is 215 Å². The molecule has 6 aromatic carbocycles. The number of alkyl halides is 1. The molecule has 27 heteroatoms. The smallest absolute Gasteiger partial charge is 0.338 e. The molecule has 3 aliphatic heterocycles. The maximum absolute atomic E-state index is 15.0. The number of rotatable bonds is 28. The monoisotopic (exact) mass is 1470 g/mol. The highest BCUT2D eigenvalue weighted by Gasteiger charge is 2.61. The summed E-state index contributed by atoms with van der Waals surface area (Å²) in [5, 5.41) is 0. The second kappa shape index (κ2) is 35.7. The fourth-order valence-electron chi connectivity index (χ4n) is 10.9. The van der Waals surface area contributed by atoms with Crippen LogP contribution in [0.5, 0.6) is 0 Å². The van der Waals surface area contributed by atoms with Crippen LogP contribution in [0.25, 0.3) is 0 Å². The normalized spacial score (nSPS) is 23.0. The molecule has 9 rings (SSSR count). The molecule has 15 atom stereocenters. The Morgan fingerprint density at radius 2 is 0.552 bits per heavy atom. The van der Waals surface area contributed by atoms with Crippen LogP contribution in [0.2, 0.25) is 0 Å². The molecule has 3 fully saturated rings. The van der Waals surface area contributed by atoms with Gasteiger partial charge in [0.2, 0.25) is 0 Å². The lowest BCUT2D eigenvalue weighted by atomic mass is 9.97. The Morgan fingerprint density at radius 3 is 0.790 bits per heavy atom. The van der Waals surface area contributed by atoms with E-state index in [-0.39, 0.29) is 33.4 Å². The molecule has 0 saturated carbocycles. The summed E-state index contributed by atoms with van der Waals surface area (Å²) in [5.41, 5.74) is -3.71. The van der Waals surface area contributed by atoms with Gasteiger partial charge in [0.25, 0.3) is 0 Å². The summed E-state index contributed by atoms with van der Waals surface area (Å²) >= 11 is 6.06. The van der Waals surface area contributed by atoms with Crippen molar-refractivity contribution in [2.45, 2.75) is 154 Å². The van der Waals surface area contributed by atoms with Crippen molar-refractivity contribution in [2.75, 3.05) is 32.8 Å². The van der Waals surface area contributed by atoms with Crippen LogP contribution in [0.4, 0.5) is 0 Å². The second-order valence-electron chi connectivity index (χ2n) is 27.6. The standard InChI is InChI=1S/C78H83ClO26/c1-76(2,3)73(87)91-42-51(94-54(80)41-79)55-59(98-65(82)46-31-19-12-20-32-46)62(101-68(85)49-37-25-15-26-38-49)71(104-55)96-53(44-93-75(89)78(7,8)9)57-60(99-66(83)47-33-21-13-22-34-47)63(102-69(86)50-39-27-16-28-40-50)72(105-57)95-52(43-92-74(88)77(4,5)6)56-58(97-64(81)45-29-17-11-18-30-45)61(70(90-10)103-56)100-67(84)48-35-23-14-24-36-48/h11-40,51-53,55-63,70-72H,41-44H2,1-10H3. The highest BCUT2D eigenvalue weighted by Crippen LogP contribution is 2.41. The molecule has 0 N–H and O–H groups in total. The summed E-state index contributed by atoms with van der Waals surface area (Å²) in [6.07, 6.45) is -28.3. The van der Waals surface area contributed by atoms with Crippen molar-refractivity contribution in [2.24, 2.45) is 16.2 Å². The first kappa shape index (κ1) is 79.2. The lowest BCUT2D eigenvalue weighted by Crippen LogP contribution is -2.51. The average Bonchev–Trinajstić information content (AvgIpc) is 1.62. The number of hydrogen-bond donors (Lipinski definition) is 0. The predicted molar refractivity (Wildman–Crippen MR) is 368 cm³/mol. The van der Waals surface area contributed by atoms with Crippen LogP contribution in [-0.2, 0) is 95.0 Å². The van der Waals surface area contributed by atoms with Crippen LogP contribution < -0.4 is 0 Å². The summed E-state index contributed by atoms with van der Waals surface area (Å²) in [6, 6.07) is 45.6. The number of methoxy groups -OCH3 is 1. The molecule has 3 heterocycles. The van der Waals surface area contributed by atoms with Crippen LogP contribution in [0.15, 0.2) is 182 Å². The zero-order chi connectivity index (χ0) is 75.8. The van der Waals surface area contributed by atoms with Gasteiger partial charge in [-0.25, -0.2) is 28.8 Å². The van der Waals surface area contributed by atoms with Crippen molar-refractivity contribution in [1.82, 2.24) is 0 Å². The third kappa shape index (κ3) is 21.0. The molecule has 26 nitrogen and oxygen atoms in total. The highest BCUT2D eigenvalue weighted by molar-refractivity contribution is 6.26. The molecular weight excluding hydrogens is 1390 g/mol. The van der Waals surface area contributed by atoms with Gasteiger partial charge in [-0.2, -0.15) is 0 Å². The van der Waals surface area contributed by atoms with Gasteiger partial charge in [-0.05, 0) is 135 Å². The molecule has 6 aromatic rings. The van der Waals surface area contributed by atoms with Crippen molar-refractivity contribution >= 4 is 71.3 Å². The lowest BCUT2D eigenvalue weighted by Gasteiger charge is -2.32. The van der Waals surface area contributed by atoms with Gasteiger partial charge < -0.3 is 75.8 Å². The predicted octanol–water partition coefficient (Wildman–Crippen LogP) is 9.85. The molecule has 3 saturated heterocycles. The van der Waals surface area contributed by atoms with E-state index in [2.05, 4.69) is 0 Å². The Bertz CT molecular complexity index is 3940. The molecule has 0 bridgehead atoms. The molecule has 15 unspecified atom stereocenters. The zero-order valence-corrected chi connectivity index (χ0v) is 60.1. The van der Waals surface area contributed by atoms with E-state index in [0.29, 0.717) is 0 Å². The minimum absolute atomic E-state index is 0.0316. The van der Waals surface area contributed by atoms with E-state index in [1.807, 2.05) is 0 Å². The summed E-state index contributed by atoms with van der Waals surface area (Å²) in [4.78, 5) is 143. The second-order valence-corrected chi connectivity index (χ2v) is 27.9. The molecule has 0 amide bonds. The fraction of sp³-hybridized carbons (Fsp3) is 0.410. The van der Waals surface area contributed by atoms with Crippen molar-refractivity contribution in [3.63, 3.8) is 0 Å². The van der Waals surface area contributed by atoms with Crippen LogP contribution in [0.1, 0.15) is 124 Å². The Hall–Kier alpha value is -9.93. The van der Waals surface area contributed by atoms with Crippen LogP contribution in [0.3, 0.4) is 0 Å². The molecular formula is C78H83ClO26. The first-order chi connectivity index (χ1) is 50.0. The Balaban J connectivity index is 1.23. The highest BCUT2D eigenvalue weighted by atomic mass is 35.5. The number of carbonyl (C=O) groups excluding carboxylic acids is 10. The van der Waals surface area contributed by atoms with E-state index >= 15 is 0 Å². The number of carbonyl (C=O) groups is 10. The van der Waals surface area contributed by atoms with Crippen LogP contribution in [-0.4, -0.2) is 185 Å². The molecule has 0 aromatic heterocycles. The molecule has 0 aliphatic carbocycles. The summed E-state index contributed by atoms with van der Waals surface area (Å²) in [5.74, 6) is -10.4. The van der Waals surface area contributed by atoms with Gasteiger partial charge >= 0.3 is 59.7 Å². The number of ether oxygens (including phenoxy) is 16. The van der Waals surface area contributed by atoms with E-state index in [1.165, 1.54) is 137 Å². The van der Waals surface area contributed by atoms with E-state index in [4.69, 9.17) is 87.4 Å². The lowest BCUT2D eigenvalue weighted by molar-refractivity contribution is -0.263. The van der Waals surface area contributed by atoms with E-state index in [9.17, 15) is 47.9 Å². The number of esters is 10. The maximum atomic E-state index is 15.0. The van der Waals surface area contributed by atoms with Crippen molar-refractivity contribution in [1.29, 1.82) is 0 Å². The van der Waals surface area contributed by atoms with Gasteiger partial charge in [0.1, 0.15) is 56.2 Å². The van der Waals surface area contributed by atoms with E-state index in [0.717, 1.165) is 0 Å². The number of benzene rings is 6. The first-order valence-electron chi connectivity index (χ1n) is 33.7. The molecule has 0 radical (unpaired) electrons. The number of halogens is 1. The van der Waals surface area contributed by atoms with Gasteiger partial charge in [0.15, 0.2) is 61.6 Å².